The van der Waals surface area contributed by atoms with Gasteiger partial charge in [-0.1, -0.05) is 32.0 Å². The number of ether oxygens (including phenoxy) is 1. The van der Waals surface area contributed by atoms with Gasteiger partial charge in [0, 0.05) is 11.8 Å². The van der Waals surface area contributed by atoms with Gasteiger partial charge in [0.05, 0.1) is 0 Å². The van der Waals surface area contributed by atoms with E-state index >= 15 is 0 Å². The Balaban J connectivity index is 2.04. The number of hydrogen-bond acceptors (Lipinski definition) is 3. The minimum absolute atomic E-state index is 0.222. The molecule has 1 unspecified atom stereocenters. The number of aromatic amines is 1. The number of hydrogen-bond donors (Lipinski definition) is 2. The molecule has 2 N–H and O–H groups in total. The molecule has 0 fully saturated rings. The molecular formula is C16H21N3O2. The zero-order valence-electron chi connectivity index (χ0n) is 12.8. The summed E-state index contributed by atoms with van der Waals surface area (Å²) in [4.78, 5) is 12.1. The Bertz CT molecular complexity index is 619. The molecule has 0 bridgehead atoms. The van der Waals surface area contributed by atoms with E-state index in [0.717, 1.165) is 17.0 Å². The molecule has 112 valence electrons. The van der Waals surface area contributed by atoms with Crippen molar-refractivity contribution >= 4 is 11.7 Å². The minimum atomic E-state index is -0.595. The number of nitrogens with zero attached hydrogens (tertiary/aromatic N) is 1. The zero-order chi connectivity index (χ0) is 15.4. The van der Waals surface area contributed by atoms with E-state index in [4.69, 9.17) is 4.74 Å². The molecule has 5 nitrogen and oxygen atoms in total. The van der Waals surface area contributed by atoms with Gasteiger partial charge >= 0.3 is 0 Å². The van der Waals surface area contributed by atoms with Crippen LogP contribution in [-0.4, -0.2) is 22.2 Å². The number of nitrogens with one attached hydrogen (secondary N) is 2. The number of carbonyl (C=O) groups is 1. The average Bonchev–Trinajstić information content (AvgIpc) is 2.84. The highest BCUT2D eigenvalue weighted by molar-refractivity contribution is 5.93. The molecular weight excluding hydrogens is 266 g/mol. The Morgan fingerprint density at radius 1 is 1.29 bits per heavy atom. The quantitative estimate of drug-likeness (QED) is 0.887. The van der Waals surface area contributed by atoms with Gasteiger partial charge in [0.1, 0.15) is 5.75 Å². The third-order valence-corrected chi connectivity index (χ3v) is 3.17. The second kappa shape index (κ2) is 6.43. The number of carbonyl (C=O) groups excluding carboxylic acids is 1. The molecule has 0 aliphatic carbocycles. The van der Waals surface area contributed by atoms with Crippen LogP contribution in [0.1, 0.15) is 37.9 Å². The predicted molar refractivity (Wildman–Crippen MR) is 82.6 cm³/mol. The molecule has 0 saturated carbocycles. The highest BCUT2D eigenvalue weighted by Crippen LogP contribution is 2.26. The van der Waals surface area contributed by atoms with E-state index in [0.29, 0.717) is 11.7 Å². The van der Waals surface area contributed by atoms with Crippen LogP contribution in [0.5, 0.6) is 5.75 Å². The summed E-state index contributed by atoms with van der Waals surface area (Å²) in [6, 6.07) is 9.55. The highest BCUT2D eigenvalue weighted by Gasteiger charge is 2.18. The lowest BCUT2D eigenvalue weighted by Crippen LogP contribution is -2.30. The normalized spacial score (nSPS) is 12.2. The second-order valence-corrected chi connectivity index (χ2v) is 5.38. The van der Waals surface area contributed by atoms with Gasteiger partial charge in [-0.3, -0.25) is 9.89 Å². The molecule has 0 spiro atoms. The van der Waals surface area contributed by atoms with Crippen molar-refractivity contribution in [2.75, 3.05) is 5.32 Å². The smallest absolute Gasteiger partial charge is 0.266 e. The van der Waals surface area contributed by atoms with E-state index in [9.17, 15) is 4.79 Å². The van der Waals surface area contributed by atoms with E-state index in [2.05, 4.69) is 29.4 Å². The van der Waals surface area contributed by atoms with Crippen molar-refractivity contribution in [3.63, 3.8) is 0 Å². The molecule has 21 heavy (non-hydrogen) atoms. The topological polar surface area (TPSA) is 67.0 Å². The van der Waals surface area contributed by atoms with Gasteiger partial charge in [-0.15, -0.1) is 0 Å². The fourth-order valence-corrected chi connectivity index (χ4v) is 2.02. The monoisotopic (exact) mass is 287 g/mol. The molecule has 0 aliphatic rings. The lowest BCUT2D eigenvalue weighted by Gasteiger charge is -2.18. The third kappa shape index (κ3) is 3.84. The number of amides is 1. The first kappa shape index (κ1) is 15.1. The van der Waals surface area contributed by atoms with E-state index in [-0.39, 0.29) is 5.91 Å². The van der Waals surface area contributed by atoms with Crippen LogP contribution in [0.2, 0.25) is 0 Å². The molecule has 1 amide bonds. The predicted octanol–water partition coefficient (Wildman–Crippen LogP) is 3.25. The first-order valence-electron chi connectivity index (χ1n) is 7.06. The molecule has 0 saturated heterocycles. The average molecular weight is 287 g/mol. The number of aromatic nitrogens is 2. The number of H-pyrrole nitrogens is 1. The zero-order valence-corrected chi connectivity index (χ0v) is 12.8. The van der Waals surface area contributed by atoms with Gasteiger partial charge in [-0.05, 0) is 31.4 Å². The van der Waals surface area contributed by atoms with Crippen LogP contribution in [0.25, 0.3) is 0 Å². The standard InChI is InChI=1S/C16H21N3O2/c1-10(2)13-7-5-6-8-14(13)21-12(4)16(20)17-15-9-11(3)18-19-15/h5-10,12H,1-4H3,(H2,17,18,19,20). The summed E-state index contributed by atoms with van der Waals surface area (Å²) in [5.74, 6) is 1.36. The van der Waals surface area contributed by atoms with E-state index in [1.165, 1.54) is 0 Å². The van der Waals surface area contributed by atoms with Crippen LogP contribution in [0, 0.1) is 6.92 Å². The maximum Gasteiger partial charge on any atom is 0.266 e. The third-order valence-electron chi connectivity index (χ3n) is 3.17. The first-order chi connectivity index (χ1) is 9.97. The molecule has 1 aromatic carbocycles. The van der Waals surface area contributed by atoms with Crippen molar-refractivity contribution in [3.05, 3.63) is 41.6 Å². The van der Waals surface area contributed by atoms with Crippen LogP contribution >= 0.6 is 0 Å². The number of rotatable bonds is 5. The number of benzene rings is 1. The van der Waals surface area contributed by atoms with Crippen LogP contribution < -0.4 is 10.1 Å². The summed E-state index contributed by atoms with van der Waals surface area (Å²) in [7, 11) is 0. The Labute approximate surface area is 124 Å². The Kier molecular flexibility index (Phi) is 4.62. The lowest BCUT2D eigenvalue weighted by atomic mass is 10.0. The second-order valence-electron chi connectivity index (χ2n) is 5.38. The summed E-state index contributed by atoms with van der Waals surface area (Å²) in [6.45, 7) is 7.80. The molecule has 1 aromatic heterocycles. The summed E-state index contributed by atoms with van der Waals surface area (Å²) < 4.78 is 5.80. The lowest BCUT2D eigenvalue weighted by molar-refractivity contribution is -0.122. The molecule has 1 heterocycles. The van der Waals surface area contributed by atoms with Gasteiger partial charge in [0.25, 0.3) is 5.91 Å². The summed E-state index contributed by atoms with van der Waals surface area (Å²) >= 11 is 0. The van der Waals surface area contributed by atoms with Crippen LogP contribution in [-0.2, 0) is 4.79 Å². The van der Waals surface area contributed by atoms with Gasteiger partial charge in [-0.25, -0.2) is 0 Å². The maximum atomic E-state index is 12.1. The molecule has 1 atom stereocenters. The SMILES string of the molecule is Cc1cc(NC(=O)C(C)Oc2ccccc2C(C)C)n[nH]1. The number of para-hydroxylation sites is 1. The van der Waals surface area contributed by atoms with Gasteiger partial charge < -0.3 is 10.1 Å². The Hall–Kier alpha value is -2.30. The van der Waals surface area contributed by atoms with Crippen LogP contribution in [0.3, 0.4) is 0 Å². The van der Waals surface area contributed by atoms with E-state index < -0.39 is 6.10 Å². The molecule has 2 rings (SSSR count). The molecule has 0 radical (unpaired) electrons. The Morgan fingerprint density at radius 3 is 2.62 bits per heavy atom. The van der Waals surface area contributed by atoms with Crippen molar-refractivity contribution in [1.29, 1.82) is 0 Å². The van der Waals surface area contributed by atoms with Gasteiger partial charge in [0.15, 0.2) is 11.9 Å². The first-order valence-corrected chi connectivity index (χ1v) is 7.06. The van der Waals surface area contributed by atoms with Crippen molar-refractivity contribution < 1.29 is 9.53 Å². The fourth-order valence-electron chi connectivity index (χ4n) is 2.02. The van der Waals surface area contributed by atoms with E-state index in [1.54, 1.807) is 13.0 Å². The summed E-state index contributed by atoms with van der Waals surface area (Å²) in [5.41, 5.74) is 1.98. The highest BCUT2D eigenvalue weighted by atomic mass is 16.5. The minimum Gasteiger partial charge on any atom is -0.481 e. The van der Waals surface area contributed by atoms with Gasteiger partial charge in [0.2, 0.25) is 0 Å². The number of anilines is 1. The molecule has 5 heteroatoms. The van der Waals surface area contributed by atoms with Crippen LogP contribution in [0.4, 0.5) is 5.82 Å². The maximum absolute atomic E-state index is 12.1. The summed E-state index contributed by atoms with van der Waals surface area (Å²) in [5, 5.41) is 9.48. The molecule has 0 aliphatic heterocycles. The van der Waals surface area contributed by atoms with Crippen molar-refractivity contribution in [2.24, 2.45) is 0 Å². The van der Waals surface area contributed by atoms with Crippen LogP contribution in [0.15, 0.2) is 30.3 Å². The fraction of sp³-hybridized carbons (Fsp3) is 0.375. The van der Waals surface area contributed by atoms with Crippen molar-refractivity contribution in [3.8, 4) is 5.75 Å². The Morgan fingerprint density at radius 2 is 2.00 bits per heavy atom. The van der Waals surface area contributed by atoms with E-state index in [1.807, 2.05) is 31.2 Å². The summed E-state index contributed by atoms with van der Waals surface area (Å²) in [6.07, 6.45) is -0.595. The van der Waals surface area contributed by atoms with Crippen molar-refractivity contribution in [1.82, 2.24) is 10.2 Å². The molecule has 2 aromatic rings. The van der Waals surface area contributed by atoms with Gasteiger partial charge in [-0.2, -0.15) is 5.10 Å². The number of aryl methyl sites for hydroxylation is 1. The van der Waals surface area contributed by atoms with Crippen molar-refractivity contribution in [2.45, 2.75) is 39.7 Å². The largest absolute Gasteiger partial charge is 0.481 e.